The van der Waals surface area contributed by atoms with Gasteiger partial charge in [-0.3, -0.25) is 9.48 Å². The first-order chi connectivity index (χ1) is 15.0. The number of hydrogen-bond acceptors (Lipinski definition) is 4. The molecule has 1 aromatic heterocycles. The van der Waals surface area contributed by atoms with Gasteiger partial charge in [-0.1, -0.05) is 30.3 Å². The molecule has 1 saturated heterocycles. The highest BCUT2D eigenvalue weighted by atomic mass is 16.5. The molecule has 0 aliphatic carbocycles. The number of anilines is 1. The fraction of sp³-hybridized carbons (Fsp3) is 0.360. The Morgan fingerprint density at radius 3 is 2.58 bits per heavy atom. The van der Waals surface area contributed by atoms with Crippen LogP contribution in [0, 0.1) is 13.8 Å². The molecule has 31 heavy (non-hydrogen) atoms. The van der Waals surface area contributed by atoms with Crippen LogP contribution in [0.25, 0.3) is 0 Å². The first kappa shape index (κ1) is 21.1. The minimum atomic E-state index is 0.0204. The molecule has 1 aliphatic heterocycles. The van der Waals surface area contributed by atoms with Gasteiger partial charge in [0.15, 0.2) is 0 Å². The van der Waals surface area contributed by atoms with Crippen molar-refractivity contribution in [1.29, 1.82) is 0 Å². The number of rotatable bonds is 6. The Morgan fingerprint density at radius 1 is 1.06 bits per heavy atom. The summed E-state index contributed by atoms with van der Waals surface area (Å²) in [7, 11) is 1.87. The second-order valence-corrected chi connectivity index (χ2v) is 8.17. The molecule has 0 spiro atoms. The van der Waals surface area contributed by atoms with Crippen LogP contribution in [0.1, 0.15) is 32.9 Å². The summed E-state index contributed by atoms with van der Waals surface area (Å²) < 4.78 is 7.46. The van der Waals surface area contributed by atoms with Crippen molar-refractivity contribution in [3.05, 3.63) is 82.7 Å². The van der Waals surface area contributed by atoms with Crippen LogP contribution in [0.2, 0.25) is 0 Å². The van der Waals surface area contributed by atoms with Crippen LogP contribution in [0.5, 0.6) is 0 Å². The number of carbonyl (C=O) groups excluding carboxylic acids is 1. The molecule has 3 aromatic rings. The highest BCUT2D eigenvalue weighted by Crippen LogP contribution is 2.23. The molecule has 6 heteroatoms. The molecule has 0 saturated carbocycles. The molecule has 2 aromatic carbocycles. The smallest absolute Gasteiger partial charge is 0.253 e. The van der Waals surface area contributed by atoms with Crippen molar-refractivity contribution in [2.24, 2.45) is 0 Å². The Bertz CT molecular complexity index is 1050. The number of aromatic nitrogens is 2. The van der Waals surface area contributed by atoms with E-state index in [1.54, 1.807) is 4.90 Å². The Balaban J connectivity index is 1.48. The summed E-state index contributed by atoms with van der Waals surface area (Å²) in [6.07, 6.45) is 0. The van der Waals surface area contributed by atoms with E-state index >= 15 is 0 Å². The molecule has 6 nitrogen and oxygen atoms in total. The van der Waals surface area contributed by atoms with E-state index in [0.717, 1.165) is 48.8 Å². The lowest BCUT2D eigenvalue weighted by molar-refractivity contribution is 0.0784. The van der Waals surface area contributed by atoms with Gasteiger partial charge in [0, 0.05) is 43.6 Å². The van der Waals surface area contributed by atoms with Crippen molar-refractivity contribution < 1.29 is 9.53 Å². The maximum Gasteiger partial charge on any atom is 0.253 e. The van der Waals surface area contributed by atoms with E-state index in [0.29, 0.717) is 18.7 Å². The van der Waals surface area contributed by atoms with Gasteiger partial charge in [0.05, 0.1) is 25.5 Å². The SMILES string of the molecule is Cc1cc(C)n(Cc2cccc(C(=O)N(C)Cc3ccccc3N3CCOCC3)c2)n1. The third-order valence-corrected chi connectivity index (χ3v) is 5.71. The molecule has 1 aliphatic rings. The normalized spacial score (nSPS) is 14.0. The molecule has 0 atom stereocenters. The second-order valence-electron chi connectivity index (χ2n) is 8.17. The van der Waals surface area contributed by atoms with E-state index < -0.39 is 0 Å². The number of morpholine rings is 1. The van der Waals surface area contributed by atoms with Gasteiger partial charge in [-0.25, -0.2) is 0 Å². The summed E-state index contributed by atoms with van der Waals surface area (Å²) >= 11 is 0. The van der Waals surface area contributed by atoms with Crippen LogP contribution in [0.3, 0.4) is 0 Å². The topological polar surface area (TPSA) is 50.6 Å². The van der Waals surface area contributed by atoms with Crippen molar-refractivity contribution in [2.75, 3.05) is 38.3 Å². The average molecular weight is 419 g/mol. The fourth-order valence-electron chi connectivity index (χ4n) is 4.12. The summed E-state index contributed by atoms with van der Waals surface area (Å²) in [4.78, 5) is 17.3. The first-order valence-electron chi connectivity index (χ1n) is 10.8. The van der Waals surface area contributed by atoms with Crippen molar-refractivity contribution >= 4 is 11.6 Å². The van der Waals surface area contributed by atoms with Crippen LogP contribution in [-0.2, 0) is 17.8 Å². The Labute approximate surface area is 184 Å². The molecule has 0 N–H and O–H groups in total. The van der Waals surface area contributed by atoms with E-state index in [1.807, 2.05) is 49.0 Å². The monoisotopic (exact) mass is 418 g/mol. The number of aryl methyl sites for hydroxylation is 2. The minimum absolute atomic E-state index is 0.0204. The minimum Gasteiger partial charge on any atom is -0.378 e. The lowest BCUT2D eigenvalue weighted by atomic mass is 10.1. The van der Waals surface area contributed by atoms with Crippen LogP contribution in [0.4, 0.5) is 5.69 Å². The van der Waals surface area contributed by atoms with Gasteiger partial charge >= 0.3 is 0 Å². The number of carbonyl (C=O) groups is 1. The molecule has 0 bridgehead atoms. The van der Waals surface area contributed by atoms with Gasteiger partial charge in [0.2, 0.25) is 0 Å². The van der Waals surface area contributed by atoms with Gasteiger partial charge in [-0.15, -0.1) is 0 Å². The van der Waals surface area contributed by atoms with Crippen molar-refractivity contribution in [2.45, 2.75) is 26.9 Å². The molecule has 4 rings (SSSR count). The van der Waals surface area contributed by atoms with Crippen LogP contribution in [0.15, 0.2) is 54.6 Å². The quantitative estimate of drug-likeness (QED) is 0.613. The van der Waals surface area contributed by atoms with Crippen molar-refractivity contribution in [1.82, 2.24) is 14.7 Å². The second kappa shape index (κ2) is 9.35. The summed E-state index contributed by atoms with van der Waals surface area (Å²) in [5.41, 5.74) is 6.22. The molecular weight excluding hydrogens is 388 g/mol. The molecule has 2 heterocycles. The summed E-state index contributed by atoms with van der Waals surface area (Å²) in [5.74, 6) is 0.0204. The van der Waals surface area contributed by atoms with E-state index in [1.165, 1.54) is 5.69 Å². The molecule has 0 radical (unpaired) electrons. The van der Waals surface area contributed by atoms with Gasteiger partial charge in [0.25, 0.3) is 5.91 Å². The molecule has 1 fully saturated rings. The first-order valence-corrected chi connectivity index (χ1v) is 10.8. The van der Waals surface area contributed by atoms with Gasteiger partial charge in [-0.2, -0.15) is 5.10 Å². The zero-order valence-corrected chi connectivity index (χ0v) is 18.5. The molecular formula is C25H30N4O2. The zero-order valence-electron chi connectivity index (χ0n) is 18.5. The van der Waals surface area contributed by atoms with Gasteiger partial charge in [-0.05, 0) is 49.2 Å². The summed E-state index contributed by atoms with van der Waals surface area (Å²) in [6.45, 7) is 8.50. The highest BCUT2D eigenvalue weighted by Gasteiger charge is 2.18. The van der Waals surface area contributed by atoms with Crippen LogP contribution < -0.4 is 4.90 Å². The van der Waals surface area contributed by atoms with E-state index in [9.17, 15) is 4.79 Å². The zero-order chi connectivity index (χ0) is 21.8. The van der Waals surface area contributed by atoms with E-state index in [4.69, 9.17) is 4.74 Å². The molecule has 1 amide bonds. The predicted molar refractivity (Wildman–Crippen MR) is 123 cm³/mol. The van der Waals surface area contributed by atoms with Crippen LogP contribution >= 0.6 is 0 Å². The third-order valence-electron chi connectivity index (χ3n) is 5.71. The average Bonchev–Trinajstić information content (AvgIpc) is 3.10. The van der Waals surface area contributed by atoms with E-state index in [2.05, 4.69) is 41.2 Å². The van der Waals surface area contributed by atoms with Crippen molar-refractivity contribution in [3.8, 4) is 0 Å². The third kappa shape index (κ3) is 4.97. The molecule has 0 unspecified atom stereocenters. The van der Waals surface area contributed by atoms with Crippen LogP contribution in [-0.4, -0.2) is 53.9 Å². The lowest BCUT2D eigenvalue weighted by Crippen LogP contribution is -2.37. The number of ether oxygens (including phenoxy) is 1. The number of hydrogen-bond donors (Lipinski definition) is 0. The Kier molecular flexibility index (Phi) is 6.37. The number of nitrogens with zero attached hydrogens (tertiary/aromatic N) is 4. The number of benzene rings is 2. The maximum absolute atomic E-state index is 13.2. The Morgan fingerprint density at radius 2 is 1.84 bits per heavy atom. The number of amides is 1. The summed E-state index contributed by atoms with van der Waals surface area (Å²) in [5, 5.41) is 4.53. The van der Waals surface area contributed by atoms with Gasteiger partial charge in [0.1, 0.15) is 0 Å². The largest absolute Gasteiger partial charge is 0.378 e. The Hall–Kier alpha value is -3.12. The standard InChI is InChI=1S/C25H30N4O2/c1-19-15-20(2)29(26-19)17-21-7-6-9-22(16-21)25(30)27(3)18-23-8-4-5-10-24(23)28-11-13-31-14-12-28/h4-10,15-16H,11-14,17-18H2,1-3H3. The van der Waals surface area contributed by atoms with E-state index in [-0.39, 0.29) is 5.91 Å². The summed E-state index contributed by atoms with van der Waals surface area (Å²) in [6, 6.07) is 18.2. The molecule has 162 valence electrons. The lowest BCUT2D eigenvalue weighted by Gasteiger charge is -2.31. The van der Waals surface area contributed by atoms with Crippen molar-refractivity contribution in [3.63, 3.8) is 0 Å². The predicted octanol–water partition coefficient (Wildman–Crippen LogP) is 3.66. The highest BCUT2D eigenvalue weighted by molar-refractivity contribution is 5.94. The number of para-hydroxylation sites is 1. The van der Waals surface area contributed by atoms with Gasteiger partial charge < -0.3 is 14.5 Å². The fourth-order valence-corrected chi connectivity index (χ4v) is 4.12. The maximum atomic E-state index is 13.2.